The maximum atomic E-state index is 3.93. The van der Waals surface area contributed by atoms with Gasteiger partial charge in [0.1, 0.15) is 0 Å². The van der Waals surface area contributed by atoms with E-state index < -0.39 is 0 Å². The van der Waals surface area contributed by atoms with Crippen LogP contribution in [-0.2, 0) is 6.54 Å². The number of H-pyrrole nitrogens is 1. The molecule has 0 bridgehead atoms. The summed E-state index contributed by atoms with van der Waals surface area (Å²) in [6.07, 6.45) is 1.77. The summed E-state index contributed by atoms with van der Waals surface area (Å²) < 4.78 is 1.18. The third-order valence-electron chi connectivity index (χ3n) is 2.25. The van der Waals surface area contributed by atoms with Crippen molar-refractivity contribution in [1.82, 2.24) is 15.5 Å². The molecule has 0 amide bonds. The van der Waals surface area contributed by atoms with Crippen LogP contribution in [0.1, 0.15) is 23.5 Å². The highest BCUT2D eigenvalue weighted by atomic mass is 79.9. The number of aromatic nitrogens is 2. The van der Waals surface area contributed by atoms with Crippen LogP contribution >= 0.6 is 27.3 Å². The Morgan fingerprint density at radius 2 is 2.47 bits per heavy atom. The molecular weight excluding hydrogens is 274 g/mol. The van der Waals surface area contributed by atoms with Gasteiger partial charge in [-0.2, -0.15) is 5.10 Å². The summed E-state index contributed by atoms with van der Waals surface area (Å²) in [5.41, 5.74) is 1.11. The highest BCUT2D eigenvalue weighted by molar-refractivity contribution is 9.10. The standard InChI is InChI=1S/C10H12BrN3S/c1-7(9-2-4-13-14-9)12-6-10-8(11)3-5-15-10/h2-5,7,12H,6H2,1H3,(H,13,14). The first kappa shape index (κ1) is 10.9. The lowest BCUT2D eigenvalue weighted by Gasteiger charge is -2.10. The predicted molar refractivity (Wildman–Crippen MR) is 65.9 cm³/mol. The zero-order chi connectivity index (χ0) is 10.7. The van der Waals surface area contributed by atoms with Crippen molar-refractivity contribution in [3.63, 3.8) is 0 Å². The van der Waals surface area contributed by atoms with Crippen LogP contribution in [0.15, 0.2) is 28.2 Å². The van der Waals surface area contributed by atoms with Gasteiger partial charge in [0.25, 0.3) is 0 Å². The highest BCUT2D eigenvalue weighted by Gasteiger charge is 2.07. The summed E-state index contributed by atoms with van der Waals surface area (Å²) in [4.78, 5) is 1.32. The summed E-state index contributed by atoms with van der Waals surface area (Å²) in [6.45, 7) is 2.99. The van der Waals surface area contributed by atoms with Gasteiger partial charge in [0, 0.05) is 28.1 Å². The second-order valence-electron chi connectivity index (χ2n) is 3.31. The van der Waals surface area contributed by atoms with Crippen LogP contribution in [0.25, 0.3) is 0 Å². The molecule has 2 aromatic rings. The first-order valence-electron chi connectivity index (χ1n) is 4.72. The minimum atomic E-state index is 0.293. The van der Waals surface area contributed by atoms with Gasteiger partial charge in [-0.3, -0.25) is 5.10 Å². The van der Waals surface area contributed by atoms with Gasteiger partial charge in [-0.25, -0.2) is 0 Å². The average Bonchev–Trinajstić information content (AvgIpc) is 2.85. The van der Waals surface area contributed by atoms with Crippen LogP contribution in [0.5, 0.6) is 0 Å². The van der Waals surface area contributed by atoms with Crippen molar-refractivity contribution < 1.29 is 0 Å². The van der Waals surface area contributed by atoms with Crippen molar-refractivity contribution in [2.45, 2.75) is 19.5 Å². The number of nitrogens with one attached hydrogen (secondary N) is 2. The second-order valence-corrected chi connectivity index (χ2v) is 5.16. The molecule has 2 heterocycles. The van der Waals surface area contributed by atoms with Gasteiger partial charge >= 0.3 is 0 Å². The van der Waals surface area contributed by atoms with Crippen LogP contribution in [0.2, 0.25) is 0 Å². The Morgan fingerprint density at radius 3 is 3.07 bits per heavy atom. The molecule has 0 aliphatic heterocycles. The smallest absolute Gasteiger partial charge is 0.0518 e. The lowest BCUT2D eigenvalue weighted by atomic mass is 10.2. The molecule has 0 spiro atoms. The molecule has 1 unspecified atom stereocenters. The van der Waals surface area contributed by atoms with E-state index in [0.29, 0.717) is 6.04 Å². The lowest BCUT2D eigenvalue weighted by molar-refractivity contribution is 0.563. The number of aromatic amines is 1. The molecule has 2 aromatic heterocycles. The molecule has 2 rings (SSSR count). The molecule has 0 aliphatic carbocycles. The number of hydrogen-bond acceptors (Lipinski definition) is 3. The van der Waals surface area contributed by atoms with Gasteiger partial charge in [-0.1, -0.05) is 0 Å². The number of rotatable bonds is 4. The van der Waals surface area contributed by atoms with E-state index in [1.807, 2.05) is 6.07 Å². The van der Waals surface area contributed by atoms with Crippen LogP contribution in [-0.4, -0.2) is 10.2 Å². The van der Waals surface area contributed by atoms with Gasteiger partial charge in [-0.05, 0) is 40.4 Å². The summed E-state index contributed by atoms with van der Waals surface area (Å²) in [5.74, 6) is 0. The maximum absolute atomic E-state index is 3.93. The van der Waals surface area contributed by atoms with E-state index in [1.54, 1.807) is 17.5 Å². The van der Waals surface area contributed by atoms with E-state index in [4.69, 9.17) is 0 Å². The molecule has 0 radical (unpaired) electrons. The zero-order valence-electron chi connectivity index (χ0n) is 8.33. The molecule has 1 atom stereocenters. The monoisotopic (exact) mass is 285 g/mol. The molecule has 15 heavy (non-hydrogen) atoms. The van der Waals surface area contributed by atoms with Crippen LogP contribution < -0.4 is 5.32 Å². The predicted octanol–water partition coefficient (Wildman–Crippen LogP) is 3.08. The van der Waals surface area contributed by atoms with Crippen molar-refractivity contribution in [2.75, 3.05) is 0 Å². The summed E-state index contributed by atoms with van der Waals surface area (Å²) >= 11 is 5.27. The minimum absolute atomic E-state index is 0.293. The first-order valence-corrected chi connectivity index (χ1v) is 6.39. The minimum Gasteiger partial charge on any atom is -0.304 e. The molecule has 0 saturated heterocycles. The van der Waals surface area contributed by atoms with Gasteiger partial charge in [0.2, 0.25) is 0 Å². The highest BCUT2D eigenvalue weighted by Crippen LogP contribution is 2.23. The van der Waals surface area contributed by atoms with Crippen molar-refractivity contribution in [1.29, 1.82) is 0 Å². The molecular formula is C10H12BrN3S. The molecule has 3 nitrogen and oxygen atoms in total. The summed E-state index contributed by atoms with van der Waals surface area (Å²) in [7, 11) is 0. The van der Waals surface area contributed by atoms with E-state index in [0.717, 1.165) is 12.2 Å². The molecule has 0 aromatic carbocycles. The molecule has 0 aliphatic rings. The third-order valence-corrected chi connectivity index (χ3v) is 4.17. The number of hydrogen-bond donors (Lipinski definition) is 2. The Kier molecular flexibility index (Phi) is 3.56. The average molecular weight is 286 g/mol. The number of nitrogens with zero attached hydrogens (tertiary/aromatic N) is 1. The molecule has 80 valence electrons. The Morgan fingerprint density at radius 1 is 1.60 bits per heavy atom. The van der Waals surface area contributed by atoms with Crippen molar-refractivity contribution in [2.24, 2.45) is 0 Å². The second kappa shape index (κ2) is 4.92. The summed E-state index contributed by atoms with van der Waals surface area (Å²) in [6, 6.07) is 4.35. The lowest BCUT2D eigenvalue weighted by Crippen LogP contribution is -2.17. The summed E-state index contributed by atoms with van der Waals surface area (Å²) in [5, 5.41) is 12.4. The quantitative estimate of drug-likeness (QED) is 0.906. The van der Waals surface area contributed by atoms with E-state index in [9.17, 15) is 0 Å². The Hall–Kier alpha value is -0.650. The van der Waals surface area contributed by atoms with E-state index >= 15 is 0 Å². The first-order chi connectivity index (χ1) is 7.27. The number of halogens is 1. The fourth-order valence-electron chi connectivity index (χ4n) is 1.31. The Balaban J connectivity index is 1.91. The van der Waals surface area contributed by atoms with E-state index in [1.165, 1.54) is 9.35 Å². The molecule has 0 fully saturated rings. The van der Waals surface area contributed by atoms with Gasteiger partial charge < -0.3 is 5.32 Å². The normalized spacial score (nSPS) is 12.9. The van der Waals surface area contributed by atoms with Gasteiger partial charge in [0.05, 0.1) is 5.69 Å². The van der Waals surface area contributed by atoms with Crippen molar-refractivity contribution >= 4 is 27.3 Å². The van der Waals surface area contributed by atoms with Crippen LogP contribution in [0.4, 0.5) is 0 Å². The fraction of sp³-hybridized carbons (Fsp3) is 0.300. The molecule has 5 heteroatoms. The van der Waals surface area contributed by atoms with Crippen molar-refractivity contribution in [3.05, 3.63) is 38.8 Å². The van der Waals surface area contributed by atoms with E-state index in [-0.39, 0.29) is 0 Å². The third kappa shape index (κ3) is 2.68. The van der Waals surface area contributed by atoms with E-state index in [2.05, 4.69) is 49.8 Å². The maximum Gasteiger partial charge on any atom is 0.0518 e. The molecule has 0 saturated carbocycles. The van der Waals surface area contributed by atoms with Crippen LogP contribution in [0, 0.1) is 0 Å². The Bertz CT molecular complexity index is 410. The van der Waals surface area contributed by atoms with Crippen LogP contribution in [0.3, 0.4) is 0 Å². The topological polar surface area (TPSA) is 40.7 Å². The fourth-order valence-corrected chi connectivity index (χ4v) is 2.76. The largest absolute Gasteiger partial charge is 0.304 e. The van der Waals surface area contributed by atoms with Gasteiger partial charge in [0.15, 0.2) is 0 Å². The Labute approximate surface area is 101 Å². The SMILES string of the molecule is CC(NCc1sccc1Br)c1ccn[nH]1. The number of thiophene rings is 1. The molecule has 2 N–H and O–H groups in total. The van der Waals surface area contributed by atoms with Gasteiger partial charge in [-0.15, -0.1) is 11.3 Å². The van der Waals surface area contributed by atoms with Crippen molar-refractivity contribution in [3.8, 4) is 0 Å². The zero-order valence-corrected chi connectivity index (χ0v) is 10.7.